The van der Waals surface area contributed by atoms with Crippen molar-refractivity contribution in [3.63, 3.8) is 0 Å². The van der Waals surface area contributed by atoms with Crippen LogP contribution in [0.4, 0.5) is 0 Å². The molecule has 1 atom stereocenters. The van der Waals surface area contributed by atoms with Crippen LogP contribution in [0.25, 0.3) is 0 Å². The molecule has 20 heavy (non-hydrogen) atoms. The van der Waals surface area contributed by atoms with Gasteiger partial charge >= 0.3 is 5.97 Å². The number of ketones is 2. The third-order valence-corrected chi connectivity index (χ3v) is 3.56. The first kappa shape index (κ1) is 16.3. The summed E-state index contributed by atoms with van der Waals surface area (Å²) in [5.74, 6) is -0.682. The van der Waals surface area contributed by atoms with Gasteiger partial charge in [0, 0.05) is 6.42 Å². The van der Waals surface area contributed by atoms with Crippen molar-refractivity contribution in [2.24, 2.45) is 5.41 Å². The molecule has 110 valence electrons. The van der Waals surface area contributed by atoms with Gasteiger partial charge in [0.2, 0.25) is 0 Å². The van der Waals surface area contributed by atoms with Gasteiger partial charge in [-0.3, -0.25) is 14.4 Å². The van der Waals surface area contributed by atoms with Gasteiger partial charge < -0.3 is 4.74 Å². The van der Waals surface area contributed by atoms with Gasteiger partial charge in [0.05, 0.1) is 6.61 Å². The van der Waals surface area contributed by atoms with Gasteiger partial charge in [-0.15, -0.1) is 0 Å². The van der Waals surface area contributed by atoms with Crippen molar-refractivity contribution in [3.05, 3.63) is 23.8 Å². The van der Waals surface area contributed by atoms with Crippen LogP contribution in [0.2, 0.25) is 0 Å². The summed E-state index contributed by atoms with van der Waals surface area (Å²) in [5, 5.41) is 0. The van der Waals surface area contributed by atoms with Gasteiger partial charge in [-0.1, -0.05) is 17.7 Å². The van der Waals surface area contributed by atoms with Crippen LogP contribution in [0.3, 0.4) is 0 Å². The molecule has 0 heterocycles. The highest BCUT2D eigenvalue weighted by atomic mass is 16.5. The summed E-state index contributed by atoms with van der Waals surface area (Å²) in [7, 11) is 0. The highest BCUT2D eigenvalue weighted by molar-refractivity contribution is 6.04. The van der Waals surface area contributed by atoms with E-state index < -0.39 is 11.4 Å². The number of carbonyl (C=O) groups is 3. The van der Waals surface area contributed by atoms with Crippen molar-refractivity contribution in [1.29, 1.82) is 0 Å². The number of esters is 1. The van der Waals surface area contributed by atoms with E-state index in [2.05, 4.69) is 0 Å². The SMILES string of the molecule is CCOC(=O)C1(C/C=C\C(C)=O)CC=C(C)CCC1=O. The van der Waals surface area contributed by atoms with E-state index in [1.54, 1.807) is 13.0 Å². The number of ether oxygens (including phenoxy) is 1. The topological polar surface area (TPSA) is 60.4 Å². The van der Waals surface area contributed by atoms with Gasteiger partial charge in [-0.2, -0.15) is 0 Å². The second kappa shape index (κ2) is 7.17. The Morgan fingerprint density at radius 2 is 2.10 bits per heavy atom. The van der Waals surface area contributed by atoms with Crippen LogP contribution in [0.5, 0.6) is 0 Å². The molecule has 0 N–H and O–H groups in total. The second-order valence-corrected chi connectivity index (χ2v) is 5.20. The first-order valence-electron chi connectivity index (χ1n) is 6.95. The molecule has 4 heteroatoms. The molecule has 0 fully saturated rings. The smallest absolute Gasteiger partial charge is 0.320 e. The van der Waals surface area contributed by atoms with Crippen LogP contribution < -0.4 is 0 Å². The fraction of sp³-hybridized carbons (Fsp3) is 0.562. The Hall–Kier alpha value is -1.71. The molecule has 0 bridgehead atoms. The van der Waals surface area contributed by atoms with Crippen LogP contribution in [0.1, 0.15) is 46.5 Å². The van der Waals surface area contributed by atoms with E-state index in [0.29, 0.717) is 19.3 Å². The maximum absolute atomic E-state index is 12.4. The summed E-state index contributed by atoms with van der Waals surface area (Å²) >= 11 is 0. The van der Waals surface area contributed by atoms with Crippen molar-refractivity contribution in [2.45, 2.75) is 46.5 Å². The zero-order valence-corrected chi connectivity index (χ0v) is 12.4. The molecule has 0 aromatic carbocycles. The number of hydrogen-bond acceptors (Lipinski definition) is 4. The van der Waals surface area contributed by atoms with E-state index in [-0.39, 0.29) is 24.6 Å². The van der Waals surface area contributed by atoms with Crippen molar-refractivity contribution in [2.75, 3.05) is 6.61 Å². The average Bonchev–Trinajstić information content (AvgIpc) is 2.52. The summed E-state index contributed by atoms with van der Waals surface area (Å²) in [6.45, 7) is 5.36. The highest BCUT2D eigenvalue weighted by Crippen LogP contribution is 2.36. The zero-order chi connectivity index (χ0) is 15.2. The maximum atomic E-state index is 12.4. The number of carbonyl (C=O) groups excluding carboxylic acids is 3. The molecule has 0 saturated carbocycles. The minimum Gasteiger partial charge on any atom is -0.465 e. The first-order chi connectivity index (χ1) is 9.42. The molecule has 1 rings (SSSR count). The fourth-order valence-corrected chi connectivity index (χ4v) is 2.29. The standard InChI is InChI=1S/C16H22O4/c1-4-20-15(19)16(10-5-6-13(3)17)11-9-12(2)7-8-14(16)18/h5-6,9H,4,7-8,10-11H2,1-3H3/b6-5-. The second-order valence-electron chi connectivity index (χ2n) is 5.20. The number of hydrogen-bond donors (Lipinski definition) is 0. The Bertz CT molecular complexity index is 459. The molecule has 0 radical (unpaired) electrons. The van der Waals surface area contributed by atoms with E-state index in [1.165, 1.54) is 13.0 Å². The number of allylic oxidation sites excluding steroid dienone is 4. The van der Waals surface area contributed by atoms with Gasteiger partial charge in [0.1, 0.15) is 5.41 Å². The Morgan fingerprint density at radius 3 is 2.70 bits per heavy atom. The van der Waals surface area contributed by atoms with Crippen molar-refractivity contribution < 1.29 is 19.1 Å². The Kier molecular flexibility index (Phi) is 5.86. The molecule has 0 aromatic rings. The van der Waals surface area contributed by atoms with E-state index in [4.69, 9.17) is 4.74 Å². The monoisotopic (exact) mass is 278 g/mol. The molecule has 1 aliphatic rings. The molecule has 0 aliphatic heterocycles. The number of Topliss-reactive ketones (excluding diaryl/α,β-unsaturated/α-hetero) is 1. The minimum absolute atomic E-state index is 0.0998. The zero-order valence-electron chi connectivity index (χ0n) is 12.4. The van der Waals surface area contributed by atoms with Gasteiger partial charge in [0.15, 0.2) is 11.6 Å². The largest absolute Gasteiger partial charge is 0.465 e. The van der Waals surface area contributed by atoms with Gasteiger partial charge in [0.25, 0.3) is 0 Å². The molecule has 1 aliphatic carbocycles. The molecule has 4 nitrogen and oxygen atoms in total. The van der Waals surface area contributed by atoms with Crippen molar-refractivity contribution >= 4 is 17.5 Å². The third-order valence-electron chi connectivity index (χ3n) is 3.56. The Balaban J connectivity index is 3.07. The molecule has 0 aromatic heterocycles. The lowest BCUT2D eigenvalue weighted by atomic mass is 9.76. The summed E-state index contributed by atoms with van der Waals surface area (Å²) < 4.78 is 5.10. The quantitative estimate of drug-likeness (QED) is 0.336. The van der Waals surface area contributed by atoms with E-state index in [9.17, 15) is 14.4 Å². The van der Waals surface area contributed by atoms with E-state index in [1.807, 2.05) is 13.0 Å². The van der Waals surface area contributed by atoms with Crippen LogP contribution in [-0.4, -0.2) is 24.1 Å². The fourth-order valence-electron chi connectivity index (χ4n) is 2.29. The summed E-state index contributed by atoms with van der Waals surface area (Å²) in [6.07, 6.45) is 6.52. The van der Waals surface area contributed by atoms with E-state index in [0.717, 1.165) is 5.57 Å². The summed E-state index contributed by atoms with van der Waals surface area (Å²) in [6, 6.07) is 0. The summed E-state index contributed by atoms with van der Waals surface area (Å²) in [4.78, 5) is 35.7. The molecule has 0 spiro atoms. The minimum atomic E-state index is -1.17. The Labute approximate surface area is 119 Å². The lowest BCUT2D eigenvalue weighted by molar-refractivity contribution is -0.159. The lowest BCUT2D eigenvalue weighted by Gasteiger charge is -2.26. The first-order valence-corrected chi connectivity index (χ1v) is 6.95. The normalized spacial score (nSPS) is 23.4. The maximum Gasteiger partial charge on any atom is 0.320 e. The van der Waals surface area contributed by atoms with Crippen LogP contribution >= 0.6 is 0 Å². The van der Waals surface area contributed by atoms with Crippen LogP contribution in [0.15, 0.2) is 23.8 Å². The summed E-state index contributed by atoms with van der Waals surface area (Å²) in [5.41, 5.74) is -0.0558. The van der Waals surface area contributed by atoms with Crippen LogP contribution in [0, 0.1) is 5.41 Å². The molecule has 1 unspecified atom stereocenters. The predicted octanol–water partition coefficient (Wildman–Crippen LogP) is 2.77. The average molecular weight is 278 g/mol. The molecular formula is C16H22O4. The van der Waals surface area contributed by atoms with E-state index >= 15 is 0 Å². The molecule has 0 saturated heterocycles. The van der Waals surface area contributed by atoms with Crippen LogP contribution in [-0.2, 0) is 19.1 Å². The molecular weight excluding hydrogens is 256 g/mol. The Morgan fingerprint density at radius 1 is 1.40 bits per heavy atom. The van der Waals surface area contributed by atoms with Crippen molar-refractivity contribution in [3.8, 4) is 0 Å². The number of rotatable bonds is 5. The molecule has 0 amide bonds. The predicted molar refractivity (Wildman–Crippen MR) is 76.1 cm³/mol. The lowest BCUT2D eigenvalue weighted by Crippen LogP contribution is -2.39. The highest BCUT2D eigenvalue weighted by Gasteiger charge is 2.45. The van der Waals surface area contributed by atoms with Gasteiger partial charge in [-0.25, -0.2) is 0 Å². The van der Waals surface area contributed by atoms with Crippen molar-refractivity contribution in [1.82, 2.24) is 0 Å². The third kappa shape index (κ3) is 3.89. The van der Waals surface area contributed by atoms with Gasteiger partial charge in [-0.05, 0) is 46.1 Å².